The molecule has 0 aromatic heterocycles. The highest BCUT2D eigenvalue weighted by Gasteiger charge is 2.18. The fourth-order valence-corrected chi connectivity index (χ4v) is 2.69. The molecule has 0 radical (unpaired) electrons. The van der Waals surface area contributed by atoms with Gasteiger partial charge in [-0.05, 0) is 24.4 Å². The summed E-state index contributed by atoms with van der Waals surface area (Å²) < 4.78 is 0. The van der Waals surface area contributed by atoms with Gasteiger partial charge in [-0.25, -0.2) is 0 Å². The van der Waals surface area contributed by atoms with Crippen LogP contribution in [0.2, 0.25) is 0 Å². The number of likely N-dealkylation sites (N-methyl/N-ethyl adjacent to an activating group) is 1. The highest BCUT2D eigenvalue weighted by Crippen LogP contribution is 2.23. The number of hydrogen-bond donors (Lipinski definition) is 1. The number of amidine groups is 1. The minimum absolute atomic E-state index is 0.701. The number of hydrogen-bond acceptors (Lipinski definition) is 3. The first-order chi connectivity index (χ1) is 8.34. The number of rotatable bonds is 2. The van der Waals surface area contributed by atoms with Crippen molar-refractivity contribution in [1.82, 2.24) is 10.2 Å². The van der Waals surface area contributed by atoms with Crippen LogP contribution in [0.5, 0.6) is 0 Å². The van der Waals surface area contributed by atoms with E-state index in [1.54, 1.807) is 0 Å². The van der Waals surface area contributed by atoms with Crippen LogP contribution in [0.1, 0.15) is 23.5 Å². The van der Waals surface area contributed by atoms with Crippen LogP contribution in [-0.2, 0) is 0 Å². The van der Waals surface area contributed by atoms with Crippen LogP contribution >= 0.6 is 0 Å². The Morgan fingerprint density at radius 1 is 1.29 bits per heavy atom. The van der Waals surface area contributed by atoms with E-state index >= 15 is 0 Å². The first-order valence-corrected chi connectivity index (χ1v) is 6.41. The zero-order valence-corrected chi connectivity index (χ0v) is 10.3. The van der Waals surface area contributed by atoms with E-state index < -0.39 is 0 Å². The van der Waals surface area contributed by atoms with Crippen molar-refractivity contribution in [2.24, 2.45) is 4.99 Å². The first kappa shape index (κ1) is 10.8. The number of nitrogens with one attached hydrogen (secondary N) is 1. The van der Waals surface area contributed by atoms with Crippen LogP contribution < -0.4 is 5.32 Å². The zero-order chi connectivity index (χ0) is 11.7. The molecule has 1 aromatic carbocycles. The molecule has 0 aliphatic carbocycles. The van der Waals surface area contributed by atoms with Gasteiger partial charge in [0.05, 0.1) is 6.54 Å². The maximum absolute atomic E-state index is 4.54. The summed E-state index contributed by atoms with van der Waals surface area (Å²) in [5.74, 6) is 1.84. The topological polar surface area (TPSA) is 27.6 Å². The van der Waals surface area contributed by atoms with Crippen LogP contribution in [0.3, 0.4) is 0 Å². The molecule has 0 amide bonds. The van der Waals surface area contributed by atoms with Crippen molar-refractivity contribution in [3.63, 3.8) is 0 Å². The molecule has 0 spiro atoms. The van der Waals surface area contributed by atoms with Crippen LogP contribution in [0.25, 0.3) is 0 Å². The van der Waals surface area contributed by atoms with E-state index in [1.165, 1.54) is 17.5 Å². The number of aliphatic imine (C=N–C) groups is 1. The van der Waals surface area contributed by atoms with E-state index in [4.69, 9.17) is 0 Å². The second kappa shape index (κ2) is 4.49. The lowest BCUT2D eigenvalue weighted by molar-refractivity contribution is 0.557. The molecule has 1 N–H and O–H groups in total. The van der Waals surface area contributed by atoms with Crippen molar-refractivity contribution in [3.05, 3.63) is 35.4 Å². The number of benzene rings is 1. The van der Waals surface area contributed by atoms with Crippen LogP contribution in [0, 0.1) is 0 Å². The summed E-state index contributed by atoms with van der Waals surface area (Å²) in [7, 11) is 2.11. The van der Waals surface area contributed by atoms with Gasteiger partial charge in [-0.15, -0.1) is 0 Å². The predicted octanol–water partition coefficient (Wildman–Crippen LogP) is 1.46. The zero-order valence-electron chi connectivity index (χ0n) is 10.3. The predicted molar refractivity (Wildman–Crippen MR) is 70.7 cm³/mol. The monoisotopic (exact) mass is 229 g/mol. The second-order valence-electron chi connectivity index (χ2n) is 4.94. The largest absolute Gasteiger partial charge is 0.358 e. The van der Waals surface area contributed by atoms with Crippen molar-refractivity contribution in [2.45, 2.75) is 12.3 Å². The van der Waals surface area contributed by atoms with E-state index in [0.717, 1.165) is 32.0 Å². The van der Waals surface area contributed by atoms with Crippen LogP contribution in [0.4, 0.5) is 0 Å². The maximum atomic E-state index is 4.54. The summed E-state index contributed by atoms with van der Waals surface area (Å²) >= 11 is 0. The van der Waals surface area contributed by atoms with Crippen LogP contribution in [-0.4, -0.2) is 44.0 Å². The Labute approximate surface area is 103 Å². The molecule has 2 aliphatic heterocycles. The van der Waals surface area contributed by atoms with E-state index in [0.29, 0.717) is 5.92 Å². The van der Waals surface area contributed by atoms with Gasteiger partial charge in [0.15, 0.2) is 0 Å². The summed E-state index contributed by atoms with van der Waals surface area (Å²) in [5.41, 5.74) is 2.71. The second-order valence-corrected chi connectivity index (χ2v) is 4.94. The van der Waals surface area contributed by atoms with Crippen molar-refractivity contribution < 1.29 is 0 Å². The summed E-state index contributed by atoms with van der Waals surface area (Å²) in [6, 6.07) is 8.96. The normalized spacial score (nSPS) is 24.2. The molecule has 17 heavy (non-hydrogen) atoms. The average molecular weight is 229 g/mol. The highest BCUT2D eigenvalue weighted by molar-refractivity contribution is 5.99. The van der Waals surface area contributed by atoms with Gasteiger partial charge in [0.2, 0.25) is 0 Å². The minimum Gasteiger partial charge on any atom is -0.358 e. The summed E-state index contributed by atoms with van der Waals surface area (Å²) in [6.45, 7) is 4.26. The average Bonchev–Trinajstić information content (AvgIpc) is 3.00. The molecule has 1 aromatic rings. The summed E-state index contributed by atoms with van der Waals surface area (Å²) in [4.78, 5) is 6.77. The number of nitrogens with zero attached hydrogens (tertiary/aromatic N) is 2. The third-order valence-corrected chi connectivity index (χ3v) is 3.76. The van der Waals surface area contributed by atoms with E-state index in [1.807, 2.05) is 0 Å². The maximum Gasteiger partial charge on any atom is 0.130 e. The molecule has 2 aliphatic rings. The van der Waals surface area contributed by atoms with Gasteiger partial charge in [-0.3, -0.25) is 4.99 Å². The first-order valence-electron chi connectivity index (χ1n) is 6.41. The lowest BCUT2D eigenvalue weighted by Crippen LogP contribution is -2.23. The molecular formula is C14H19N3. The fourth-order valence-electron chi connectivity index (χ4n) is 2.69. The van der Waals surface area contributed by atoms with Gasteiger partial charge in [0.1, 0.15) is 5.84 Å². The quantitative estimate of drug-likeness (QED) is 0.831. The summed E-state index contributed by atoms with van der Waals surface area (Å²) in [6.07, 6.45) is 1.26. The Balaban J connectivity index is 1.80. The van der Waals surface area contributed by atoms with Crippen LogP contribution in [0.15, 0.2) is 29.3 Å². The third kappa shape index (κ3) is 2.07. The molecule has 1 fully saturated rings. The summed E-state index contributed by atoms with van der Waals surface area (Å²) in [5, 5.41) is 3.42. The Hall–Kier alpha value is -1.35. The van der Waals surface area contributed by atoms with Gasteiger partial charge in [0, 0.05) is 25.7 Å². The smallest absolute Gasteiger partial charge is 0.130 e. The molecular weight excluding hydrogens is 210 g/mol. The van der Waals surface area contributed by atoms with E-state index in [-0.39, 0.29) is 0 Å². The molecule has 0 bridgehead atoms. The van der Waals surface area contributed by atoms with Crippen molar-refractivity contribution in [1.29, 1.82) is 0 Å². The minimum atomic E-state index is 0.701. The van der Waals surface area contributed by atoms with Gasteiger partial charge >= 0.3 is 0 Å². The molecule has 1 unspecified atom stereocenters. The Kier molecular flexibility index (Phi) is 2.85. The van der Waals surface area contributed by atoms with Gasteiger partial charge in [-0.2, -0.15) is 0 Å². The SMILES string of the molecule is CN1CCN=C1c1ccc(C2CCNC2)cc1. The van der Waals surface area contributed by atoms with Crippen molar-refractivity contribution >= 4 is 5.84 Å². The van der Waals surface area contributed by atoms with Gasteiger partial charge in [-0.1, -0.05) is 24.3 Å². The lowest BCUT2D eigenvalue weighted by Gasteiger charge is -2.15. The molecule has 1 atom stereocenters. The molecule has 2 heterocycles. The van der Waals surface area contributed by atoms with E-state index in [9.17, 15) is 0 Å². The molecule has 3 rings (SSSR count). The fraction of sp³-hybridized carbons (Fsp3) is 0.500. The Bertz CT molecular complexity index is 416. The Morgan fingerprint density at radius 2 is 2.12 bits per heavy atom. The molecule has 3 nitrogen and oxygen atoms in total. The lowest BCUT2D eigenvalue weighted by atomic mass is 9.97. The third-order valence-electron chi connectivity index (χ3n) is 3.76. The van der Waals surface area contributed by atoms with Crippen molar-refractivity contribution in [2.75, 3.05) is 33.2 Å². The van der Waals surface area contributed by atoms with Gasteiger partial charge < -0.3 is 10.2 Å². The molecule has 90 valence electrons. The van der Waals surface area contributed by atoms with E-state index in [2.05, 4.69) is 46.5 Å². The standard InChI is InChI=1S/C14H19N3/c1-17-9-8-16-14(17)12-4-2-11(3-5-12)13-6-7-15-10-13/h2-5,13,15H,6-10H2,1H3. The van der Waals surface area contributed by atoms with Gasteiger partial charge in [0.25, 0.3) is 0 Å². The van der Waals surface area contributed by atoms with Crippen molar-refractivity contribution in [3.8, 4) is 0 Å². The highest BCUT2D eigenvalue weighted by atomic mass is 15.2. The molecule has 0 saturated carbocycles. The Morgan fingerprint density at radius 3 is 2.71 bits per heavy atom. The molecule has 3 heteroatoms. The molecule has 1 saturated heterocycles.